The van der Waals surface area contributed by atoms with Crippen molar-refractivity contribution >= 4 is 0 Å². The summed E-state index contributed by atoms with van der Waals surface area (Å²) in [7, 11) is 0. The second-order valence-corrected chi connectivity index (χ2v) is 3.56. The van der Waals surface area contributed by atoms with Gasteiger partial charge < -0.3 is 29.9 Å². The number of aliphatic hydroxyl groups is 4. The van der Waals surface area contributed by atoms with Gasteiger partial charge in [-0.1, -0.05) is 6.92 Å². The minimum atomic E-state index is -1.33. The van der Waals surface area contributed by atoms with E-state index in [2.05, 4.69) is 0 Å². The van der Waals surface area contributed by atoms with Crippen molar-refractivity contribution in [1.29, 1.82) is 0 Å². The van der Waals surface area contributed by atoms with E-state index in [9.17, 15) is 15.3 Å². The van der Waals surface area contributed by atoms with E-state index < -0.39 is 37.3 Å². The molecule has 1 rings (SSSR count). The molecule has 0 radical (unpaired) electrons. The van der Waals surface area contributed by atoms with Crippen LogP contribution in [0.25, 0.3) is 0 Å². The van der Waals surface area contributed by atoms with Gasteiger partial charge in [0.2, 0.25) is 0 Å². The van der Waals surface area contributed by atoms with Crippen molar-refractivity contribution in [2.45, 2.75) is 44.1 Å². The normalized spacial score (nSPS) is 41.8. The van der Waals surface area contributed by atoms with E-state index in [4.69, 9.17) is 14.6 Å². The van der Waals surface area contributed by atoms with Gasteiger partial charge in [-0.2, -0.15) is 0 Å². The van der Waals surface area contributed by atoms with Crippen LogP contribution in [0.3, 0.4) is 0 Å². The Kier molecular flexibility index (Phi) is 4.91. The minimum absolute atomic E-state index is 0.360. The zero-order chi connectivity index (χ0) is 11.4. The third kappa shape index (κ3) is 2.87. The fourth-order valence-corrected chi connectivity index (χ4v) is 1.51. The predicted molar refractivity (Wildman–Crippen MR) is 50.0 cm³/mol. The summed E-state index contributed by atoms with van der Waals surface area (Å²) in [5, 5.41) is 37.4. The summed E-state index contributed by atoms with van der Waals surface area (Å²) < 4.78 is 10.1. The molecule has 1 fully saturated rings. The largest absolute Gasteiger partial charge is 0.394 e. The molecule has 4 N–H and O–H groups in total. The third-order valence-corrected chi connectivity index (χ3v) is 2.36. The Hall–Kier alpha value is -0.240. The fourth-order valence-electron chi connectivity index (χ4n) is 1.51. The molecule has 1 aliphatic rings. The molecule has 0 saturated carbocycles. The lowest BCUT2D eigenvalue weighted by Crippen LogP contribution is -2.59. The molecule has 0 aromatic rings. The first kappa shape index (κ1) is 12.8. The standard InChI is InChI=1S/C9H18O6/c1-2-3-14-8-7(12)6(11)5(4-10)15-9(8)13/h5-13H,2-4H2,1H3/t5-,6+,7+,8-,9+/m1/s1. The van der Waals surface area contributed by atoms with Crippen LogP contribution in [0.1, 0.15) is 13.3 Å². The zero-order valence-electron chi connectivity index (χ0n) is 8.61. The lowest BCUT2D eigenvalue weighted by atomic mass is 9.99. The lowest BCUT2D eigenvalue weighted by molar-refractivity contribution is -0.296. The summed E-state index contributed by atoms with van der Waals surface area (Å²) in [6, 6.07) is 0. The Morgan fingerprint density at radius 3 is 2.40 bits per heavy atom. The molecule has 0 aromatic carbocycles. The van der Waals surface area contributed by atoms with Gasteiger partial charge in [0.1, 0.15) is 24.4 Å². The molecule has 0 unspecified atom stereocenters. The Morgan fingerprint density at radius 1 is 1.20 bits per heavy atom. The highest BCUT2D eigenvalue weighted by molar-refractivity contribution is 4.89. The summed E-state index contributed by atoms with van der Waals surface area (Å²) in [6.07, 6.45) is -5.04. The van der Waals surface area contributed by atoms with Gasteiger partial charge >= 0.3 is 0 Å². The topological polar surface area (TPSA) is 99.4 Å². The van der Waals surface area contributed by atoms with Crippen molar-refractivity contribution in [3.8, 4) is 0 Å². The molecule has 0 amide bonds. The van der Waals surface area contributed by atoms with Crippen LogP contribution in [-0.2, 0) is 9.47 Å². The van der Waals surface area contributed by atoms with E-state index in [1.54, 1.807) is 0 Å². The molecule has 0 aliphatic carbocycles. The molecule has 90 valence electrons. The first-order valence-corrected chi connectivity index (χ1v) is 5.04. The van der Waals surface area contributed by atoms with E-state index in [0.717, 1.165) is 6.42 Å². The van der Waals surface area contributed by atoms with Crippen LogP contribution in [0.15, 0.2) is 0 Å². The molecular formula is C9H18O6. The second kappa shape index (κ2) is 5.74. The maximum absolute atomic E-state index is 9.61. The fraction of sp³-hybridized carbons (Fsp3) is 1.00. The van der Waals surface area contributed by atoms with Gasteiger partial charge in [-0.25, -0.2) is 0 Å². The predicted octanol–water partition coefficient (Wildman–Crippen LogP) is -1.79. The van der Waals surface area contributed by atoms with Crippen molar-refractivity contribution in [3.63, 3.8) is 0 Å². The van der Waals surface area contributed by atoms with Crippen LogP contribution in [0.5, 0.6) is 0 Å². The van der Waals surface area contributed by atoms with Gasteiger partial charge in [0.25, 0.3) is 0 Å². The molecule has 15 heavy (non-hydrogen) atoms. The van der Waals surface area contributed by atoms with Gasteiger partial charge in [-0.15, -0.1) is 0 Å². The van der Waals surface area contributed by atoms with E-state index in [0.29, 0.717) is 6.61 Å². The number of aliphatic hydroxyl groups excluding tert-OH is 4. The van der Waals surface area contributed by atoms with E-state index in [1.807, 2.05) is 6.92 Å². The van der Waals surface area contributed by atoms with Gasteiger partial charge in [-0.3, -0.25) is 0 Å². The van der Waals surface area contributed by atoms with Crippen LogP contribution in [-0.4, -0.2) is 64.3 Å². The number of ether oxygens (including phenoxy) is 2. The van der Waals surface area contributed by atoms with Crippen LogP contribution >= 0.6 is 0 Å². The summed E-state index contributed by atoms with van der Waals surface area (Å²) in [4.78, 5) is 0. The number of rotatable bonds is 4. The molecule has 5 atom stereocenters. The SMILES string of the molecule is CCCO[C@@H]1[C@@H](O)[C@@H](O)[C@@H](CO)O[C@@H]1O. The van der Waals surface area contributed by atoms with Gasteiger partial charge in [0.15, 0.2) is 6.29 Å². The maximum Gasteiger partial charge on any atom is 0.184 e. The molecule has 1 saturated heterocycles. The van der Waals surface area contributed by atoms with E-state index in [1.165, 1.54) is 0 Å². The minimum Gasteiger partial charge on any atom is -0.394 e. The van der Waals surface area contributed by atoms with E-state index in [-0.39, 0.29) is 0 Å². The van der Waals surface area contributed by atoms with Crippen molar-refractivity contribution in [1.82, 2.24) is 0 Å². The summed E-state index contributed by atoms with van der Waals surface area (Å²) in [5.74, 6) is 0. The van der Waals surface area contributed by atoms with Gasteiger partial charge in [-0.05, 0) is 6.42 Å². The Bertz CT molecular complexity index is 187. The summed E-state index contributed by atoms with van der Waals surface area (Å²) >= 11 is 0. The van der Waals surface area contributed by atoms with Crippen LogP contribution in [0, 0.1) is 0 Å². The van der Waals surface area contributed by atoms with Crippen molar-refractivity contribution in [2.75, 3.05) is 13.2 Å². The third-order valence-electron chi connectivity index (χ3n) is 2.36. The molecule has 6 nitrogen and oxygen atoms in total. The first-order valence-electron chi connectivity index (χ1n) is 5.04. The van der Waals surface area contributed by atoms with Gasteiger partial charge in [0, 0.05) is 6.61 Å². The van der Waals surface area contributed by atoms with Crippen molar-refractivity contribution in [2.24, 2.45) is 0 Å². The molecule has 1 heterocycles. The highest BCUT2D eigenvalue weighted by Gasteiger charge is 2.44. The lowest BCUT2D eigenvalue weighted by Gasteiger charge is -2.39. The average molecular weight is 222 g/mol. The van der Waals surface area contributed by atoms with Crippen molar-refractivity contribution in [3.05, 3.63) is 0 Å². The Balaban J connectivity index is 2.58. The highest BCUT2D eigenvalue weighted by atomic mass is 16.7. The molecule has 0 spiro atoms. The zero-order valence-corrected chi connectivity index (χ0v) is 8.61. The second-order valence-electron chi connectivity index (χ2n) is 3.56. The summed E-state index contributed by atoms with van der Waals surface area (Å²) in [5.41, 5.74) is 0. The van der Waals surface area contributed by atoms with E-state index >= 15 is 0 Å². The Labute approximate surface area is 88.1 Å². The van der Waals surface area contributed by atoms with Gasteiger partial charge in [0.05, 0.1) is 6.61 Å². The maximum atomic E-state index is 9.61. The van der Waals surface area contributed by atoms with Crippen molar-refractivity contribution < 1.29 is 29.9 Å². The number of hydrogen-bond acceptors (Lipinski definition) is 6. The van der Waals surface area contributed by atoms with Crippen LogP contribution in [0.2, 0.25) is 0 Å². The first-order chi connectivity index (χ1) is 7.11. The molecule has 6 heteroatoms. The number of hydrogen-bond donors (Lipinski definition) is 4. The summed E-state index contributed by atoms with van der Waals surface area (Å²) in [6.45, 7) is 1.78. The Morgan fingerprint density at radius 2 is 1.87 bits per heavy atom. The molecule has 0 bridgehead atoms. The molecular weight excluding hydrogens is 204 g/mol. The van der Waals surface area contributed by atoms with Crippen LogP contribution in [0.4, 0.5) is 0 Å². The smallest absolute Gasteiger partial charge is 0.184 e. The molecule has 1 aliphatic heterocycles. The average Bonchev–Trinajstić information content (AvgIpc) is 2.23. The quantitative estimate of drug-likeness (QED) is 0.448. The monoisotopic (exact) mass is 222 g/mol. The van der Waals surface area contributed by atoms with Crippen LogP contribution < -0.4 is 0 Å². The molecule has 0 aromatic heterocycles. The highest BCUT2D eigenvalue weighted by Crippen LogP contribution is 2.22.